The number of unbranched alkanes of at least 4 members (excludes halogenated alkanes) is 2. The fraction of sp³-hybridized carbons (Fsp3) is 0.304. The monoisotopic (exact) mass is 453 g/mol. The van der Waals surface area contributed by atoms with Crippen LogP contribution in [0.25, 0.3) is 11.8 Å². The number of amides is 1. The number of fused-ring (bicyclic) bond motifs is 1. The minimum absolute atomic E-state index is 0.0734. The van der Waals surface area contributed by atoms with Crippen LogP contribution in [0.5, 0.6) is 0 Å². The van der Waals surface area contributed by atoms with Gasteiger partial charge in [-0.3, -0.25) is 10.2 Å². The molecular weight excluding hydrogens is 430 g/mol. The summed E-state index contributed by atoms with van der Waals surface area (Å²) in [4.78, 5) is 16.9. The number of halogens is 1. The van der Waals surface area contributed by atoms with Gasteiger partial charge >= 0.3 is 0 Å². The number of aromatic nitrogens is 1. The topological polar surface area (TPSA) is 73.8 Å². The van der Waals surface area contributed by atoms with Crippen molar-refractivity contribution in [2.45, 2.75) is 46.5 Å². The number of hydrogen-bond donors (Lipinski definition) is 1. The Labute approximate surface area is 191 Å². The van der Waals surface area contributed by atoms with Crippen molar-refractivity contribution in [1.82, 2.24) is 9.58 Å². The maximum atomic E-state index is 12.7. The summed E-state index contributed by atoms with van der Waals surface area (Å²) < 4.78 is 2.10. The van der Waals surface area contributed by atoms with Crippen LogP contribution in [0, 0.1) is 19.3 Å². The molecule has 2 aliphatic heterocycles. The van der Waals surface area contributed by atoms with Crippen molar-refractivity contribution in [3.8, 4) is 5.69 Å². The van der Waals surface area contributed by atoms with Gasteiger partial charge in [0.15, 0.2) is 5.84 Å². The standard InChI is InChI=1S/C23H24ClN5OS/c1-4-5-6-7-20-27-29-21(25)19(22(30)26-23(29)31-20)13-16-12-14(2)28(15(16)3)18-10-8-17(24)9-11-18/h8-13,25H,4-7H2,1-3H3/b19-13+,25-21?. The number of thioether (sulfide) groups is 1. The van der Waals surface area contributed by atoms with Gasteiger partial charge in [0.1, 0.15) is 5.04 Å². The highest BCUT2D eigenvalue weighted by Gasteiger charge is 2.35. The van der Waals surface area contributed by atoms with Gasteiger partial charge in [0.25, 0.3) is 5.91 Å². The molecule has 0 atom stereocenters. The van der Waals surface area contributed by atoms with E-state index >= 15 is 0 Å². The molecule has 2 aromatic rings. The largest absolute Gasteiger partial charge is 0.318 e. The molecule has 0 unspecified atom stereocenters. The van der Waals surface area contributed by atoms with Gasteiger partial charge in [-0.05, 0) is 80.4 Å². The van der Waals surface area contributed by atoms with E-state index in [0.29, 0.717) is 10.2 Å². The number of carbonyl (C=O) groups excluding carboxylic acids is 1. The second kappa shape index (κ2) is 8.85. The van der Waals surface area contributed by atoms with Crippen LogP contribution < -0.4 is 0 Å². The lowest BCUT2D eigenvalue weighted by molar-refractivity contribution is -0.114. The summed E-state index contributed by atoms with van der Waals surface area (Å²) in [6.07, 6.45) is 5.91. The minimum Gasteiger partial charge on any atom is -0.318 e. The third-order valence-electron chi connectivity index (χ3n) is 5.35. The molecule has 0 spiro atoms. The van der Waals surface area contributed by atoms with E-state index in [4.69, 9.17) is 17.0 Å². The Hall–Kier alpha value is -2.64. The zero-order chi connectivity index (χ0) is 22.1. The third-order valence-corrected chi connectivity index (χ3v) is 6.57. The molecule has 1 amide bonds. The third kappa shape index (κ3) is 4.25. The molecule has 0 aliphatic carbocycles. The van der Waals surface area contributed by atoms with Crippen molar-refractivity contribution in [2.24, 2.45) is 10.1 Å². The molecule has 0 fully saturated rings. The van der Waals surface area contributed by atoms with Crippen LogP contribution in [0.2, 0.25) is 5.02 Å². The quantitative estimate of drug-likeness (QED) is 0.434. The minimum atomic E-state index is -0.398. The molecular formula is C23H24ClN5OS. The van der Waals surface area contributed by atoms with E-state index in [1.807, 2.05) is 44.2 Å². The number of carbonyl (C=O) groups is 1. The number of aliphatic imine (C=N–C) groups is 1. The first kappa shape index (κ1) is 21.6. The lowest BCUT2D eigenvalue weighted by Gasteiger charge is -2.20. The first-order valence-electron chi connectivity index (χ1n) is 10.3. The molecule has 0 bridgehead atoms. The van der Waals surface area contributed by atoms with Crippen molar-refractivity contribution in [3.63, 3.8) is 0 Å². The van der Waals surface area contributed by atoms with Crippen molar-refractivity contribution in [2.75, 3.05) is 0 Å². The molecule has 31 heavy (non-hydrogen) atoms. The Balaban J connectivity index is 1.64. The van der Waals surface area contributed by atoms with Gasteiger partial charge in [-0.15, -0.1) is 0 Å². The SMILES string of the molecule is CCCCCC1=NN2C(=N)/C(=C\c3cc(C)n(-c4ccc(Cl)cc4)c3C)C(=O)N=C2S1. The van der Waals surface area contributed by atoms with Crippen LogP contribution in [0.1, 0.15) is 49.6 Å². The van der Waals surface area contributed by atoms with E-state index in [2.05, 4.69) is 21.6 Å². The molecule has 160 valence electrons. The Morgan fingerprint density at radius 1 is 1.19 bits per heavy atom. The molecule has 2 aliphatic rings. The lowest BCUT2D eigenvalue weighted by atomic mass is 10.1. The summed E-state index contributed by atoms with van der Waals surface area (Å²) in [6.45, 7) is 6.17. The van der Waals surface area contributed by atoms with Gasteiger partial charge in [0, 0.05) is 22.1 Å². The maximum Gasteiger partial charge on any atom is 0.283 e. The average Bonchev–Trinajstić information content (AvgIpc) is 3.26. The number of amidine groups is 2. The van der Waals surface area contributed by atoms with Crippen molar-refractivity contribution < 1.29 is 4.79 Å². The predicted octanol–water partition coefficient (Wildman–Crippen LogP) is 5.95. The summed E-state index contributed by atoms with van der Waals surface area (Å²) in [5.74, 6) is -0.325. The zero-order valence-corrected chi connectivity index (χ0v) is 19.3. The maximum absolute atomic E-state index is 12.7. The Bertz CT molecular complexity index is 1140. The van der Waals surface area contributed by atoms with Gasteiger partial charge in [0.2, 0.25) is 5.17 Å². The molecule has 8 heteroatoms. The van der Waals surface area contributed by atoms with Crippen LogP contribution >= 0.6 is 23.4 Å². The summed E-state index contributed by atoms with van der Waals surface area (Å²) in [7, 11) is 0. The molecule has 4 rings (SSSR count). The molecule has 0 saturated carbocycles. The predicted molar refractivity (Wildman–Crippen MR) is 129 cm³/mol. The number of hydrazone groups is 1. The van der Waals surface area contributed by atoms with Crippen LogP contribution in [-0.4, -0.2) is 31.5 Å². The molecule has 1 N–H and O–H groups in total. The number of nitrogens with one attached hydrogen (secondary N) is 1. The smallest absolute Gasteiger partial charge is 0.283 e. The van der Waals surface area contributed by atoms with Crippen molar-refractivity contribution in [3.05, 3.63) is 57.9 Å². The van der Waals surface area contributed by atoms with Crippen LogP contribution in [-0.2, 0) is 4.79 Å². The van der Waals surface area contributed by atoms with Crippen molar-refractivity contribution >= 4 is 51.4 Å². The molecule has 0 radical (unpaired) electrons. The first-order chi connectivity index (χ1) is 14.9. The fourth-order valence-corrected chi connectivity index (χ4v) is 4.79. The molecule has 0 saturated heterocycles. The number of nitrogens with zero attached hydrogens (tertiary/aromatic N) is 4. The van der Waals surface area contributed by atoms with E-state index in [1.165, 1.54) is 16.8 Å². The van der Waals surface area contributed by atoms with E-state index in [1.54, 1.807) is 6.08 Å². The Morgan fingerprint density at radius 2 is 1.94 bits per heavy atom. The molecule has 1 aromatic carbocycles. The van der Waals surface area contributed by atoms with E-state index < -0.39 is 5.91 Å². The van der Waals surface area contributed by atoms with Gasteiger partial charge in [0.05, 0.1) is 5.57 Å². The summed E-state index contributed by atoms with van der Waals surface area (Å²) in [5.41, 5.74) is 4.12. The Kier molecular flexibility index (Phi) is 6.16. The van der Waals surface area contributed by atoms with Gasteiger partial charge in [-0.1, -0.05) is 31.4 Å². The van der Waals surface area contributed by atoms with Crippen LogP contribution in [0.4, 0.5) is 0 Å². The Morgan fingerprint density at radius 3 is 2.65 bits per heavy atom. The van der Waals surface area contributed by atoms with E-state index in [9.17, 15) is 4.79 Å². The van der Waals surface area contributed by atoms with Gasteiger partial charge in [-0.2, -0.15) is 15.1 Å². The highest BCUT2D eigenvalue weighted by molar-refractivity contribution is 8.26. The summed E-state index contributed by atoms with van der Waals surface area (Å²) >= 11 is 7.42. The summed E-state index contributed by atoms with van der Waals surface area (Å²) in [6, 6.07) is 9.63. The number of aryl methyl sites for hydroxylation is 1. The zero-order valence-electron chi connectivity index (χ0n) is 17.8. The van der Waals surface area contributed by atoms with Crippen LogP contribution in [0.15, 0.2) is 46.0 Å². The number of hydrogen-bond acceptors (Lipinski definition) is 4. The number of benzene rings is 1. The fourth-order valence-electron chi connectivity index (χ4n) is 3.74. The van der Waals surface area contributed by atoms with Crippen LogP contribution in [0.3, 0.4) is 0 Å². The van der Waals surface area contributed by atoms with Crippen molar-refractivity contribution in [1.29, 1.82) is 5.41 Å². The molecule has 1 aromatic heterocycles. The second-order valence-corrected chi connectivity index (χ2v) is 9.09. The average molecular weight is 454 g/mol. The molecule has 3 heterocycles. The normalized spacial score (nSPS) is 17.3. The van der Waals surface area contributed by atoms with E-state index in [0.717, 1.165) is 53.4 Å². The molecule has 6 nitrogen and oxygen atoms in total. The van der Waals surface area contributed by atoms with Gasteiger partial charge in [-0.25, -0.2) is 0 Å². The lowest BCUT2D eigenvalue weighted by Crippen LogP contribution is -2.35. The summed E-state index contributed by atoms with van der Waals surface area (Å²) in [5, 5.41) is 16.7. The highest BCUT2D eigenvalue weighted by Crippen LogP contribution is 2.31. The number of rotatable bonds is 6. The first-order valence-corrected chi connectivity index (χ1v) is 11.5. The second-order valence-electron chi connectivity index (χ2n) is 7.61. The highest BCUT2D eigenvalue weighted by atomic mass is 35.5. The van der Waals surface area contributed by atoms with Gasteiger partial charge < -0.3 is 4.57 Å². The van der Waals surface area contributed by atoms with E-state index in [-0.39, 0.29) is 11.4 Å².